The van der Waals surface area contributed by atoms with Gasteiger partial charge in [-0.25, -0.2) is 0 Å². The second kappa shape index (κ2) is 5.52. The van der Waals surface area contributed by atoms with E-state index in [4.69, 9.17) is 10.5 Å². The van der Waals surface area contributed by atoms with Crippen molar-refractivity contribution in [2.75, 3.05) is 13.7 Å². The van der Waals surface area contributed by atoms with Crippen molar-refractivity contribution in [1.82, 2.24) is 0 Å². The first-order chi connectivity index (χ1) is 7.11. The van der Waals surface area contributed by atoms with Gasteiger partial charge < -0.3 is 10.5 Å². The Kier molecular flexibility index (Phi) is 4.61. The van der Waals surface area contributed by atoms with Crippen LogP contribution in [0.5, 0.6) is 5.75 Å². The van der Waals surface area contributed by atoms with Gasteiger partial charge in [0.25, 0.3) is 0 Å². The number of ether oxygens (including phenoxy) is 1. The van der Waals surface area contributed by atoms with E-state index in [0.717, 1.165) is 35.2 Å². The predicted octanol–water partition coefficient (Wildman–Crippen LogP) is 2.97. The summed E-state index contributed by atoms with van der Waals surface area (Å²) in [4.78, 5) is 0. The van der Waals surface area contributed by atoms with Crippen molar-refractivity contribution in [2.24, 2.45) is 5.73 Å². The van der Waals surface area contributed by atoms with Gasteiger partial charge in [-0.05, 0) is 50.4 Å². The standard InChI is InChI=1S/C12H18BrNO/c1-8-7-11(13)9(2)12(15-3)10(8)5-4-6-14/h7H,4-6,14H2,1-3H3. The third kappa shape index (κ3) is 2.73. The van der Waals surface area contributed by atoms with Gasteiger partial charge in [-0.2, -0.15) is 0 Å². The molecule has 2 nitrogen and oxygen atoms in total. The maximum Gasteiger partial charge on any atom is 0.126 e. The lowest BCUT2D eigenvalue weighted by Crippen LogP contribution is -2.04. The Morgan fingerprint density at radius 2 is 2.07 bits per heavy atom. The van der Waals surface area contributed by atoms with Crippen LogP contribution < -0.4 is 10.5 Å². The lowest BCUT2D eigenvalue weighted by Gasteiger charge is -2.15. The van der Waals surface area contributed by atoms with Crippen molar-refractivity contribution in [3.8, 4) is 5.75 Å². The average Bonchev–Trinajstić information content (AvgIpc) is 2.21. The molecular formula is C12H18BrNO. The zero-order valence-corrected chi connectivity index (χ0v) is 11.1. The molecule has 3 heteroatoms. The van der Waals surface area contributed by atoms with E-state index in [2.05, 4.69) is 35.8 Å². The molecule has 0 aromatic heterocycles. The number of benzene rings is 1. The van der Waals surface area contributed by atoms with Gasteiger partial charge >= 0.3 is 0 Å². The van der Waals surface area contributed by atoms with Crippen LogP contribution in [0.1, 0.15) is 23.1 Å². The summed E-state index contributed by atoms with van der Waals surface area (Å²) in [7, 11) is 1.72. The van der Waals surface area contributed by atoms with E-state index in [0.29, 0.717) is 0 Å². The summed E-state index contributed by atoms with van der Waals surface area (Å²) in [5.41, 5.74) is 9.24. The molecule has 84 valence electrons. The van der Waals surface area contributed by atoms with Crippen molar-refractivity contribution >= 4 is 15.9 Å². The quantitative estimate of drug-likeness (QED) is 0.914. The Hall–Kier alpha value is -0.540. The molecule has 0 saturated heterocycles. The minimum absolute atomic E-state index is 0.720. The molecule has 0 aliphatic heterocycles. The smallest absolute Gasteiger partial charge is 0.126 e. The van der Waals surface area contributed by atoms with E-state index in [9.17, 15) is 0 Å². The Labute approximate surface area is 99.9 Å². The first kappa shape index (κ1) is 12.5. The molecule has 0 heterocycles. The molecule has 0 radical (unpaired) electrons. The predicted molar refractivity (Wildman–Crippen MR) is 67.5 cm³/mol. The Bertz CT molecular complexity index is 350. The van der Waals surface area contributed by atoms with Crippen molar-refractivity contribution in [3.63, 3.8) is 0 Å². The molecule has 0 aliphatic rings. The molecule has 0 spiro atoms. The number of hydrogen-bond acceptors (Lipinski definition) is 2. The molecule has 0 unspecified atom stereocenters. The van der Waals surface area contributed by atoms with Gasteiger partial charge in [0.05, 0.1) is 7.11 Å². The van der Waals surface area contributed by atoms with Crippen molar-refractivity contribution in [1.29, 1.82) is 0 Å². The van der Waals surface area contributed by atoms with Crippen LogP contribution in [-0.4, -0.2) is 13.7 Å². The van der Waals surface area contributed by atoms with Gasteiger partial charge in [0.1, 0.15) is 5.75 Å². The van der Waals surface area contributed by atoms with Crippen LogP contribution >= 0.6 is 15.9 Å². The molecule has 0 saturated carbocycles. The highest BCUT2D eigenvalue weighted by Crippen LogP contribution is 2.33. The molecule has 0 atom stereocenters. The van der Waals surface area contributed by atoms with Gasteiger partial charge in [-0.3, -0.25) is 0 Å². The summed E-state index contributed by atoms with van der Waals surface area (Å²) in [6.45, 7) is 4.89. The summed E-state index contributed by atoms with van der Waals surface area (Å²) in [5, 5.41) is 0. The minimum Gasteiger partial charge on any atom is -0.496 e. The van der Waals surface area contributed by atoms with Gasteiger partial charge in [0.15, 0.2) is 0 Å². The number of rotatable bonds is 4. The zero-order chi connectivity index (χ0) is 11.4. The third-order valence-corrected chi connectivity index (χ3v) is 3.45. The molecule has 0 amide bonds. The first-order valence-electron chi connectivity index (χ1n) is 5.14. The highest BCUT2D eigenvalue weighted by Gasteiger charge is 2.12. The molecule has 1 aromatic carbocycles. The largest absolute Gasteiger partial charge is 0.496 e. The van der Waals surface area contributed by atoms with E-state index in [1.165, 1.54) is 11.1 Å². The van der Waals surface area contributed by atoms with Crippen molar-refractivity contribution in [3.05, 3.63) is 27.2 Å². The third-order valence-electron chi connectivity index (χ3n) is 2.63. The molecule has 0 fully saturated rings. The van der Waals surface area contributed by atoms with Crippen molar-refractivity contribution < 1.29 is 4.74 Å². The van der Waals surface area contributed by atoms with Gasteiger partial charge in [-0.1, -0.05) is 15.9 Å². The van der Waals surface area contributed by atoms with Crippen LogP contribution in [0.25, 0.3) is 0 Å². The SMILES string of the molecule is COc1c(C)c(Br)cc(C)c1CCCN. The highest BCUT2D eigenvalue weighted by atomic mass is 79.9. The summed E-state index contributed by atoms with van der Waals surface area (Å²) >= 11 is 3.54. The Morgan fingerprint density at radius 1 is 1.40 bits per heavy atom. The molecular weight excluding hydrogens is 254 g/mol. The fourth-order valence-electron chi connectivity index (χ4n) is 1.77. The first-order valence-corrected chi connectivity index (χ1v) is 5.93. The topological polar surface area (TPSA) is 35.2 Å². The van der Waals surface area contributed by atoms with Gasteiger partial charge in [0.2, 0.25) is 0 Å². The highest BCUT2D eigenvalue weighted by molar-refractivity contribution is 9.10. The van der Waals surface area contributed by atoms with Crippen molar-refractivity contribution in [2.45, 2.75) is 26.7 Å². The van der Waals surface area contributed by atoms with Crippen LogP contribution in [0.15, 0.2) is 10.5 Å². The van der Waals surface area contributed by atoms with E-state index in [1.54, 1.807) is 7.11 Å². The summed E-state index contributed by atoms with van der Waals surface area (Å²) in [6.07, 6.45) is 1.98. The summed E-state index contributed by atoms with van der Waals surface area (Å²) in [5.74, 6) is 0.996. The molecule has 15 heavy (non-hydrogen) atoms. The van der Waals surface area contributed by atoms with Gasteiger partial charge in [0, 0.05) is 10.0 Å². The maximum atomic E-state index is 5.54. The maximum absolute atomic E-state index is 5.54. The molecule has 1 rings (SSSR count). The Morgan fingerprint density at radius 3 is 2.60 bits per heavy atom. The lowest BCUT2D eigenvalue weighted by atomic mass is 9.99. The normalized spacial score (nSPS) is 10.5. The fourth-order valence-corrected chi connectivity index (χ4v) is 2.29. The van der Waals surface area contributed by atoms with E-state index in [-0.39, 0.29) is 0 Å². The van der Waals surface area contributed by atoms with Crippen LogP contribution in [0.3, 0.4) is 0 Å². The lowest BCUT2D eigenvalue weighted by molar-refractivity contribution is 0.405. The number of nitrogens with two attached hydrogens (primary N) is 1. The van der Waals surface area contributed by atoms with E-state index >= 15 is 0 Å². The molecule has 2 N–H and O–H groups in total. The number of hydrogen-bond donors (Lipinski definition) is 1. The molecule has 0 bridgehead atoms. The second-order valence-electron chi connectivity index (χ2n) is 3.70. The average molecular weight is 272 g/mol. The van der Waals surface area contributed by atoms with Crippen LogP contribution in [0.4, 0.5) is 0 Å². The number of methoxy groups -OCH3 is 1. The fraction of sp³-hybridized carbons (Fsp3) is 0.500. The minimum atomic E-state index is 0.720. The number of halogens is 1. The molecule has 1 aromatic rings. The summed E-state index contributed by atoms with van der Waals surface area (Å²) in [6, 6.07) is 2.14. The van der Waals surface area contributed by atoms with Crippen LogP contribution in [0.2, 0.25) is 0 Å². The summed E-state index contributed by atoms with van der Waals surface area (Å²) < 4.78 is 6.57. The molecule has 0 aliphatic carbocycles. The van der Waals surface area contributed by atoms with Gasteiger partial charge in [-0.15, -0.1) is 0 Å². The zero-order valence-electron chi connectivity index (χ0n) is 9.56. The second-order valence-corrected chi connectivity index (χ2v) is 4.56. The monoisotopic (exact) mass is 271 g/mol. The van der Waals surface area contributed by atoms with Crippen LogP contribution in [0, 0.1) is 13.8 Å². The van der Waals surface area contributed by atoms with E-state index in [1.807, 2.05) is 0 Å². The number of aryl methyl sites for hydroxylation is 1. The van der Waals surface area contributed by atoms with Crippen LogP contribution in [-0.2, 0) is 6.42 Å². The Balaban J connectivity index is 3.16. The van der Waals surface area contributed by atoms with E-state index < -0.39 is 0 Å².